The lowest BCUT2D eigenvalue weighted by Gasteiger charge is -2.27. The van der Waals surface area contributed by atoms with Crippen molar-refractivity contribution in [2.75, 3.05) is 6.54 Å². The molecule has 1 unspecified atom stereocenters. The van der Waals surface area contributed by atoms with Gasteiger partial charge in [-0.2, -0.15) is 0 Å². The van der Waals surface area contributed by atoms with Gasteiger partial charge in [0.1, 0.15) is 0 Å². The van der Waals surface area contributed by atoms with Crippen molar-refractivity contribution in [2.45, 2.75) is 32.7 Å². The Bertz CT molecular complexity index is 499. The zero-order valence-corrected chi connectivity index (χ0v) is 13.6. The van der Waals surface area contributed by atoms with E-state index in [9.17, 15) is 8.42 Å². The smallest absolute Gasteiger partial charge is 0.235 e. The molecule has 104 valence electrons. The number of aromatic nitrogens is 3. The Morgan fingerprint density at radius 2 is 2.00 bits per heavy atom. The lowest BCUT2D eigenvalue weighted by atomic mass is 9.82. The van der Waals surface area contributed by atoms with E-state index in [1.54, 1.807) is 7.05 Å². The van der Waals surface area contributed by atoms with E-state index in [0.29, 0.717) is 6.54 Å². The molecule has 0 aliphatic carbocycles. The van der Waals surface area contributed by atoms with E-state index in [1.807, 2.05) is 6.92 Å². The molecule has 18 heavy (non-hydrogen) atoms. The normalized spacial score (nSPS) is 14.8. The molecule has 1 rings (SSSR count). The number of rotatable bonds is 4. The molecule has 1 aromatic heterocycles. The Balaban J connectivity index is 2.85. The van der Waals surface area contributed by atoms with Gasteiger partial charge in [0.25, 0.3) is 10.0 Å². The summed E-state index contributed by atoms with van der Waals surface area (Å²) in [6.45, 7) is 8.62. The van der Waals surface area contributed by atoms with E-state index in [0.717, 1.165) is 0 Å². The number of hydrogen-bond donors (Lipinski definition) is 1. The molecule has 0 amide bonds. The van der Waals surface area contributed by atoms with Crippen molar-refractivity contribution in [3.63, 3.8) is 0 Å². The second-order valence-corrected chi connectivity index (χ2v) is 7.86. The van der Waals surface area contributed by atoms with Crippen LogP contribution in [0.2, 0.25) is 0 Å². The van der Waals surface area contributed by atoms with E-state index in [-0.39, 0.29) is 21.0 Å². The van der Waals surface area contributed by atoms with Gasteiger partial charge in [0.2, 0.25) is 5.03 Å². The lowest BCUT2D eigenvalue weighted by Crippen LogP contribution is -2.34. The van der Waals surface area contributed by atoms with Gasteiger partial charge in [0.05, 0.1) is 0 Å². The number of nitrogens with one attached hydrogen (secondary N) is 1. The zero-order valence-electron chi connectivity index (χ0n) is 11.2. The average molecular weight is 339 g/mol. The van der Waals surface area contributed by atoms with Gasteiger partial charge < -0.3 is 0 Å². The summed E-state index contributed by atoms with van der Waals surface area (Å²) < 4.78 is 28.3. The predicted molar refractivity (Wildman–Crippen MR) is 72.5 cm³/mol. The minimum atomic E-state index is -3.59. The molecule has 0 aliphatic rings. The number of aryl methyl sites for hydroxylation is 1. The van der Waals surface area contributed by atoms with Crippen molar-refractivity contribution in [3.05, 3.63) is 4.60 Å². The molecule has 1 atom stereocenters. The van der Waals surface area contributed by atoms with Crippen LogP contribution in [-0.4, -0.2) is 30.0 Å². The van der Waals surface area contributed by atoms with Gasteiger partial charge >= 0.3 is 0 Å². The van der Waals surface area contributed by atoms with E-state index < -0.39 is 10.0 Å². The summed E-state index contributed by atoms with van der Waals surface area (Å²) in [4.78, 5) is 0. The lowest BCUT2D eigenvalue weighted by molar-refractivity contribution is 0.263. The van der Waals surface area contributed by atoms with Crippen LogP contribution in [0, 0.1) is 11.3 Å². The van der Waals surface area contributed by atoms with Crippen LogP contribution < -0.4 is 4.72 Å². The summed E-state index contributed by atoms with van der Waals surface area (Å²) in [5, 5.41) is 7.37. The fourth-order valence-electron chi connectivity index (χ4n) is 1.22. The number of halogens is 1. The molecule has 0 spiro atoms. The van der Waals surface area contributed by atoms with Gasteiger partial charge in [-0.25, -0.2) is 17.8 Å². The number of sulfonamides is 1. The largest absolute Gasteiger partial charge is 0.260 e. The van der Waals surface area contributed by atoms with Gasteiger partial charge in [-0.3, -0.25) is 0 Å². The second kappa shape index (κ2) is 5.26. The van der Waals surface area contributed by atoms with Gasteiger partial charge in [-0.1, -0.05) is 32.9 Å². The van der Waals surface area contributed by atoms with Crippen molar-refractivity contribution in [3.8, 4) is 0 Å². The van der Waals surface area contributed by atoms with Crippen LogP contribution in [0.25, 0.3) is 0 Å². The first kappa shape index (κ1) is 15.6. The Morgan fingerprint density at radius 1 is 1.44 bits per heavy atom. The van der Waals surface area contributed by atoms with Crippen molar-refractivity contribution < 1.29 is 8.42 Å². The molecule has 1 aromatic rings. The molecule has 0 fully saturated rings. The Morgan fingerprint density at radius 3 is 2.39 bits per heavy atom. The third-order valence-corrected chi connectivity index (χ3v) is 5.36. The monoisotopic (exact) mass is 338 g/mol. The van der Waals surface area contributed by atoms with E-state index in [2.05, 4.69) is 51.7 Å². The van der Waals surface area contributed by atoms with Gasteiger partial charge in [0, 0.05) is 13.6 Å². The highest BCUT2D eigenvalue weighted by atomic mass is 79.9. The summed E-state index contributed by atoms with van der Waals surface area (Å²) in [5.74, 6) is 0.215. The SMILES string of the molecule is CC(CNS(=O)(=O)c1c(Br)nnn1C)C(C)(C)C. The van der Waals surface area contributed by atoms with Gasteiger partial charge in [0.15, 0.2) is 4.60 Å². The van der Waals surface area contributed by atoms with Crippen LogP contribution >= 0.6 is 15.9 Å². The van der Waals surface area contributed by atoms with Crippen LogP contribution in [0.5, 0.6) is 0 Å². The highest BCUT2D eigenvalue weighted by Gasteiger charge is 2.26. The second-order valence-electron chi connectivity index (χ2n) is 5.43. The highest BCUT2D eigenvalue weighted by Crippen LogP contribution is 2.25. The van der Waals surface area contributed by atoms with E-state index in [1.165, 1.54) is 4.68 Å². The van der Waals surface area contributed by atoms with Gasteiger partial charge in [-0.15, -0.1) is 5.10 Å². The van der Waals surface area contributed by atoms with Crippen LogP contribution in [0.3, 0.4) is 0 Å². The first-order chi connectivity index (χ1) is 8.05. The van der Waals surface area contributed by atoms with E-state index in [4.69, 9.17) is 0 Å². The Hall–Kier alpha value is -0.470. The third-order valence-electron chi connectivity index (χ3n) is 3.05. The maximum Gasteiger partial charge on any atom is 0.260 e. The van der Waals surface area contributed by atoms with Crippen molar-refractivity contribution in [2.24, 2.45) is 18.4 Å². The summed E-state index contributed by atoms with van der Waals surface area (Å²) in [6, 6.07) is 0. The molecular weight excluding hydrogens is 320 g/mol. The molecule has 0 aliphatic heterocycles. The number of nitrogens with zero attached hydrogens (tertiary/aromatic N) is 3. The fourth-order valence-corrected chi connectivity index (χ4v) is 3.44. The maximum atomic E-state index is 12.1. The minimum absolute atomic E-state index is 0.0450. The summed E-state index contributed by atoms with van der Waals surface area (Å²) in [5.41, 5.74) is 0.0461. The molecule has 0 radical (unpaired) electrons. The highest BCUT2D eigenvalue weighted by molar-refractivity contribution is 9.10. The zero-order chi connectivity index (χ0) is 14.1. The molecule has 6 nitrogen and oxygen atoms in total. The quantitative estimate of drug-likeness (QED) is 0.903. The van der Waals surface area contributed by atoms with E-state index >= 15 is 0 Å². The van der Waals surface area contributed by atoms with Crippen LogP contribution in [0.15, 0.2) is 9.63 Å². The number of hydrogen-bond acceptors (Lipinski definition) is 4. The molecule has 0 bridgehead atoms. The molecule has 8 heteroatoms. The average Bonchev–Trinajstić information content (AvgIpc) is 2.54. The third kappa shape index (κ3) is 3.52. The minimum Gasteiger partial charge on any atom is -0.235 e. The predicted octanol–water partition coefficient (Wildman–Crippen LogP) is 1.54. The first-order valence-corrected chi connectivity index (χ1v) is 7.88. The fraction of sp³-hybridized carbons (Fsp3) is 0.800. The van der Waals surface area contributed by atoms with Crippen molar-refractivity contribution in [1.29, 1.82) is 0 Å². The maximum absolute atomic E-state index is 12.1. The van der Waals surface area contributed by atoms with Crippen LogP contribution in [0.4, 0.5) is 0 Å². The first-order valence-electron chi connectivity index (χ1n) is 5.60. The molecule has 1 N–H and O–H groups in total. The molecule has 0 saturated carbocycles. The topological polar surface area (TPSA) is 76.9 Å². The van der Waals surface area contributed by atoms with Crippen LogP contribution in [0.1, 0.15) is 27.7 Å². The van der Waals surface area contributed by atoms with Gasteiger partial charge in [-0.05, 0) is 27.3 Å². The Labute approximate surface area is 116 Å². The summed E-state index contributed by atoms with van der Waals surface area (Å²) in [6.07, 6.45) is 0. The molecule has 0 aromatic carbocycles. The Kier molecular flexibility index (Phi) is 4.56. The van der Waals surface area contributed by atoms with Crippen molar-refractivity contribution in [1.82, 2.24) is 19.7 Å². The van der Waals surface area contributed by atoms with Crippen molar-refractivity contribution >= 4 is 26.0 Å². The molecular formula is C10H19BrN4O2S. The summed E-state index contributed by atoms with van der Waals surface area (Å²) >= 11 is 3.09. The molecule has 0 saturated heterocycles. The standard InChI is InChI=1S/C10H19BrN4O2S/c1-7(10(2,3)4)6-12-18(16,17)9-8(11)13-14-15(9)5/h7,12H,6H2,1-5H3. The molecule has 1 heterocycles. The summed E-state index contributed by atoms with van der Waals surface area (Å²) in [7, 11) is -2.05. The van der Waals surface area contributed by atoms with Crippen LogP contribution in [-0.2, 0) is 17.1 Å².